The Morgan fingerprint density at radius 3 is 2.32 bits per heavy atom. The molecule has 2 aliphatic heterocycles. The van der Waals surface area contributed by atoms with Gasteiger partial charge in [0, 0.05) is 10.4 Å². The zero-order valence-electron chi connectivity index (χ0n) is 17.7. The van der Waals surface area contributed by atoms with E-state index in [9.17, 15) is 9.59 Å². The molecular formula is C24H27ClN2O4. The van der Waals surface area contributed by atoms with Gasteiger partial charge in [0.1, 0.15) is 12.6 Å². The zero-order valence-corrected chi connectivity index (χ0v) is 18.4. The van der Waals surface area contributed by atoms with Crippen molar-refractivity contribution >= 4 is 23.6 Å². The maximum absolute atomic E-state index is 13.7. The number of hydrogen-bond donors (Lipinski definition) is 1. The van der Waals surface area contributed by atoms with Crippen molar-refractivity contribution in [2.24, 2.45) is 5.73 Å². The van der Waals surface area contributed by atoms with E-state index in [1.165, 1.54) is 4.90 Å². The number of hydrogen-bond acceptors (Lipinski definition) is 5. The third-order valence-electron chi connectivity index (χ3n) is 6.34. The molecule has 0 bridgehead atoms. The molecule has 1 unspecified atom stereocenters. The third-order valence-corrected chi connectivity index (χ3v) is 6.60. The predicted octanol–water partition coefficient (Wildman–Crippen LogP) is 4.21. The van der Waals surface area contributed by atoms with Gasteiger partial charge in [0.15, 0.2) is 0 Å². The molecule has 31 heavy (non-hydrogen) atoms. The number of benzene rings is 2. The summed E-state index contributed by atoms with van der Waals surface area (Å²) in [5.41, 5.74) is 7.78. The quantitative estimate of drug-likeness (QED) is 0.766. The standard InChI is InChI=1S/C24H27ClN2O4/c1-15-12-24(13-16(2)31-15,18-8-10-19(25)11-9-18)21(26)22(28)27-20(14-30-23(27)29)17-6-4-3-5-7-17/h3-11,15-16,20-21H,12-14,26H2,1-2H3/t15-,16+,20-,21-,24?/m1/s1. The molecule has 0 aliphatic carbocycles. The Bertz CT molecular complexity index is 940. The van der Waals surface area contributed by atoms with Crippen LogP contribution in [0.25, 0.3) is 0 Å². The van der Waals surface area contributed by atoms with E-state index in [2.05, 4.69) is 0 Å². The molecule has 2 aromatic carbocycles. The molecule has 2 saturated heterocycles. The van der Waals surface area contributed by atoms with Crippen molar-refractivity contribution in [1.82, 2.24) is 4.90 Å². The van der Waals surface area contributed by atoms with Gasteiger partial charge in [-0.3, -0.25) is 4.79 Å². The van der Waals surface area contributed by atoms with Gasteiger partial charge in [-0.1, -0.05) is 54.1 Å². The first kappa shape index (κ1) is 21.8. The molecule has 0 radical (unpaired) electrons. The van der Waals surface area contributed by atoms with Crippen LogP contribution in [0.3, 0.4) is 0 Å². The lowest BCUT2D eigenvalue weighted by atomic mass is 9.65. The lowest BCUT2D eigenvalue weighted by Gasteiger charge is -2.47. The summed E-state index contributed by atoms with van der Waals surface area (Å²) in [6, 6.07) is 15.4. The van der Waals surface area contributed by atoms with E-state index in [0.29, 0.717) is 17.9 Å². The molecule has 2 amide bonds. The highest BCUT2D eigenvalue weighted by Crippen LogP contribution is 2.43. The zero-order chi connectivity index (χ0) is 22.2. The number of carbonyl (C=O) groups is 2. The molecule has 4 rings (SSSR count). The Labute approximate surface area is 187 Å². The molecule has 2 N–H and O–H groups in total. The highest BCUT2D eigenvalue weighted by atomic mass is 35.5. The van der Waals surface area contributed by atoms with Crippen LogP contribution in [-0.2, 0) is 19.7 Å². The van der Waals surface area contributed by atoms with Gasteiger partial charge in [-0.15, -0.1) is 0 Å². The monoisotopic (exact) mass is 442 g/mol. The lowest BCUT2D eigenvalue weighted by molar-refractivity contribution is -0.136. The van der Waals surface area contributed by atoms with Crippen LogP contribution < -0.4 is 5.73 Å². The molecule has 6 nitrogen and oxygen atoms in total. The minimum Gasteiger partial charge on any atom is -0.446 e. The van der Waals surface area contributed by atoms with E-state index in [1.54, 1.807) is 12.1 Å². The third kappa shape index (κ3) is 4.07. The van der Waals surface area contributed by atoms with Crippen LogP contribution in [-0.4, -0.2) is 41.8 Å². The molecule has 5 atom stereocenters. The van der Waals surface area contributed by atoms with Crippen molar-refractivity contribution in [3.05, 3.63) is 70.7 Å². The summed E-state index contributed by atoms with van der Waals surface area (Å²) in [6.07, 6.45) is 0.284. The second-order valence-electron chi connectivity index (χ2n) is 8.52. The largest absolute Gasteiger partial charge is 0.446 e. The van der Waals surface area contributed by atoms with Crippen LogP contribution in [0.2, 0.25) is 5.02 Å². The van der Waals surface area contributed by atoms with Crippen LogP contribution in [0.1, 0.15) is 43.9 Å². The first-order chi connectivity index (χ1) is 14.8. The Kier molecular flexibility index (Phi) is 6.06. The molecule has 2 fully saturated rings. The number of ether oxygens (including phenoxy) is 2. The average molecular weight is 443 g/mol. The van der Waals surface area contributed by atoms with Crippen LogP contribution in [0, 0.1) is 0 Å². The summed E-state index contributed by atoms with van der Waals surface area (Å²) in [5, 5.41) is 0.610. The SMILES string of the molecule is C[C@@H]1CC(c2ccc(Cl)cc2)([C@H](N)C(=O)N2C(=O)OC[C@@H]2c2ccccc2)C[C@H](C)O1. The molecule has 2 heterocycles. The number of carbonyl (C=O) groups excluding carboxylic acids is 2. The van der Waals surface area contributed by atoms with E-state index in [-0.39, 0.29) is 18.8 Å². The second-order valence-corrected chi connectivity index (χ2v) is 8.95. The van der Waals surface area contributed by atoms with Gasteiger partial charge in [-0.2, -0.15) is 0 Å². The first-order valence-corrected chi connectivity index (χ1v) is 10.9. The maximum Gasteiger partial charge on any atom is 0.417 e. The second kappa shape index (κ2) is 8.61. The fraction of sp³-hybridized carbons (Fsp3) is 0.417. The Morgan fingerprint density at radius 1 is 1.10 bits per heavy atom. The summed E-state index contributed by atoms with van der Waals surface area (Å²) in [6.45, 7) is 4.08. The lowest BCUT2D eigenvalue weighted by Crippen LogP contribution is -2.60. The summed E-state index contributed by atoms with van der Waals surface area (Å²) < 4.78 is 11.2. The van der Waals surface area contributed by atoms with Crippen molar-refractivity contribution in [2.45, 2.75) is 56.4 Å². The number of amides is 2. The van der Waals surface area contributed by atoms with Gasteiger partial charge in [0.2, 0.25) is 5.91 Å². The van der Waals surface area contributed by atoms with Crippen LogP contribution in [0.15, 0.2) is 54.6 Å². The predicted molar refractivity (Wildman–Crippen MR) is 118 cm³/mol. The Morgan fingerprint density at radius 2 is 1.71 bits per heavy atom. The molecule has 0 aromatic heterocycles. The van der Waals surface area contributed by atoms with Gasteiger partial charge >= 0.3 is 6.09 Å². The number of halogens is 1. The van der Waals surface area contributed by atoms with Crippen LogP contribution in [0.4, 0.5) is 4.79 Å². The van der Waals surface area contributed by atoms with Gasteiger partial charge in [-0.25, -0.2) is 9.69 Å². The number of rotatable bonds is 4. The minimum atomic E-state index is -0.945. The fourth-order valence-corrected chi connectivity index (χ4v) is 5.15. The highest BCUT2D eigenvalue weighted by molar-refractivity contribution is 6.30. The van der Waals surface area contributed by atoms with E-state index in [0.717, 1.165) is 11.1 Å². The van der Waals surface area contributed by atoms with Gasteiger partial charge in [-0.05, 0) is 49.9 Å². The van der Waals surface area contributed by atoms with Gasteiger partial charge in [0.25, 0.3) is 0 Å². The summed E-state index contributed by atoms with van der Waals surface area (Å²) in [7, 11) is 0. The average Bonchev–Trinajstić information content (AvgIpc) is 3.14. The fourth-order valence-electron chi connectivity index (χ4n) is 5.02. The van der Waals surface area contributed by atoms with Crippen LogP contribution >= 0.6 is 11.6 Å². The van der Waals surface area contributed by atoms with Crippen molar-refractivity contribution in [2.75, 3.05) is 6.61 Å². The van der Waals surface area contributed by atoms with Gasteiger partial charge < -0.3 is 15.2 Å². The smallest absolute Gasteiger partial charge is 0.417 e. The first-order valence-electron chi connectivity index (χ1n) is 10.5. The number of imide groups is 1. The van der Waals surface area contributed by atoms with Crippen LogP contribution in [0.5, 0.6) is 0 Å². The topological polar surface area (TPSA) is 81.9 Å². The molecular weight excluding hydrogens is 416 g/mol. The van der Waals surface area contributed by atoms with E-state index >= 15 is 0 Å². The van der Waals surface area contributed by atoms with Crippen molar-refractivity contribution in [1.29, 1.82) is 0 Å². The molecule has 2 aromatic rings. The molecule has 7 heteroatoms. The van der Waals surface area contributed by atoms with E-state index < -0.39 is 29.5 Å². The molecule has 2 aliphatic rings. The molecule has 0 spiro atoms. The summed E-state index contributed by atoms with van der Waals surface area (Å²) >= 11 is 6.11. The Balaban J connectivity index is 1.72. The maximum atomic E-state index is 13.7. The molecule has 164 valence electrons. The normalized spacial score (nSPS) is 29.5. The summed E-state index contributed by atoms with van der Waals surface area (Å²) in [5.74, 6) is -0.437. The number of nitrogens with zero attached hydrogens (tertiary/aromatic N) is 1. The minimum absolute atomic E-state index is 0.0891. The van der Waals surface area contributed by atoms with Crippen molar-refractivity contribution in [3.8, 4) is 0 Å². The van der Waals surface area contributed by atoms with E-state index in [1.807, 2.05) is 56.3 Å². The highest BCUT2D eigenvalue weighted by Gasteiger charge is 2.51. The summed E-state index contributed by atoms with van der Waals surface area (Å²) in [4.78, 5) is 27.5. The number of cyclic esters (lactones) is 1. The van der Waals surface area contributed by atoms with Crippen molar-refractivity contribution in [3.63, 3.8) is 0 Å². The molecule has 0 saturated carbocycles. The van der Waals surface area contributed by atoms with Crippen molar-refractivity contribution < 1.29 is 19.1 Å². The van der Waals surface area contributed by atoms with E-state index in [4.69, 9.17) is 26.8 Å². The number of nitrogens with two attached hydrogens (primary N) is 1. The Hall–Kier alpha value is -2.41. The van der Waals surface area contributed by atoms with Gasteiger partial charge in [0.05, 0.1) is 18.2 Å².